The van der Waals surface area contributed by atoms with Crippen LogP contribution in [0.1, 0.15) is 15.5 Å². The Bertz CT molecular complexity index is 899. The van der Waals surface area contributed by atoms with Crippen LogP contribution in [-0.2, 0) is 0 Å². The summed E-state index contributed by atoms with van der Waals surface area (Å²) in [5, 5.41) is 8.03. The Hall–Kier alpha value is -2.22. The van der Waals surface area contributed by atoms with E-state index in [1.165, 1.54) is 23.7 Å². The van der Waals surface area contributed by atoms with E-state index in [-0.39, 0.29) is 11.6 Å². The predicted octanol–water partition coefficient (Wildman–Crippen LogP) is 4.54. The monoisotopic (exact) mass is 379 g/mol. The summed E-state index contributed by atoms with van der Waals surface area (Å²) in [7, 11) is 0. The first kappa shape index (κ1) is 16.6. The molecule has 6 nitrogen and oxygen atoms in total. The third-order valence-corrected chi connectivity index (χ3v) is 4.20. The SMILES string of the molecule is Cc1nc(C(=O)Nc2ccnc(Cl)c2)c(Nc2cncc(Cl)c2)s1. The highest BCUT2D eigenvalue weighted by molar-refractivity contribution is 7.16. The summed E-state index contributed by atoms with van der Waals surface area (Å²) in [4.78, 5) is 24.7. The number of carbonyl (C=O) groups excluding carboxylic acids is 1. The second-order valence-electron chi connectivity index (χ2n) is 4.75. The quantitative estimate of drug-likeness (QED) is 0.650. The van der Waals surface area contributed by atoms with Gasteiger partial charge in [0.2, 0.25) is 0 Å². The van der Waals surface area contributed by atoms with Crippen LogP contribution in [-0.4, -0.2) is 20.9 Å². The van der Waals surface area contributed by atoms with E-state index in [4.69, 9.17) is 23.2 Å². The smallest absolute Gasteiger partial charge is 0.277 e. The molecule has 9 heteroatoms. The molecule has 122 valence electrons. The molecule has 24 heavy (non-hydrogen) atoms. The van der Waals surface area contributed by atoms with Gasteiger partial charge in [-0.3, -0.25) is 9.78 Å². The van der Waals surface area contributed by atoms with E-state index in [1.54, 1.807) is 24.4 Å². The predicted molar refractivity (Wildman–Crippen MR) is 96.6 cm³/mol. The third-order valence-electron chi connectivity index (χ3n) is 2.90. The minimum Gasteiger partial charge on any atom is -0.344 e. The standard InChI is InChI=1S/C15H11Cl2N5OS/c1-8-20-13(14(23)21-10-2-3-19-12(17)5-10)15(24-8)22-11-4-9(16)6-18-7-11/h2-7,22H,1H3,(H,19,21,23). The van der Waals surface area contributed by atoms with Crippen LogP contribution in [0.4, 0.5) is 16.4 Å². The van der Waals surface area contributed by atoms with Gasteiger partial charge in [0.05, 0.1) is 21.9 Å². The molecule has 0 spiro atoms. The van der Waals surface area contributed by atoms with Crippen molar-refractivity contribution in [3.8, 4) is 0 Å². The van der Waals surface area contributed by atoms with E-state index in [1.807, 2.05) is 6.92 Å². The normalized spacial score (nSPS) is 10.5. The van der Waals surface area contributed by atoms with Gasteiger partial charge in [0, 0.05) is 18.1 Å². The molecule has 0 saturated carbocycles. The molecular formula is C15H11Cl2N5OS. The van der Waals surface area contributed by atoms with Gasteiger partial charge in [-0.2, -0.15) is 0 Å². The van der Waals surface area contributed by atoms with Gasteiger partial charge in [-0.25, -0.2) is 9.97 Å². The molecule has 0 radical (unpaired) electrons. The number of hydrogen-bond donors (Lipinski definition) is 2. The first-order valence-electron chi connectivity index (χ1n) is 6.79. The van der Waals surface area contributed by atoms with Gasteiger partial charge in [-0.05, 0) is 25.1 Å². The van der Waals surface area contributed by atoms with Crippen molar-refractivity contribution in [2.75, 3.05) is 10.6 Å². The van der Waals surface area contributed by atoms with Crippen molar-refractivity contribution in [1.82, 2.24) is 15.0 Å². The van der Waals surface area contributed by atoms with E-state index in [9.17, 15) is 4.79 Å². The molecule has 2 N–H and O–H groups in total. The largest absolute Gasteiger partial charge is 0.344 e. The van der Waals surface area contributed by atoms with Crippen molar-refractivity contribution in [2.45, 2.75) is 6.92 Å². The summed E-state index contributed by atoms with van der Waals surface area (Å²) >= 11 is 13.1. The summed E-state index contributed by atoms with van der Waals surface area (Å²) in [6.45, 7) is 1.83. The average molecular weight is 380 g/mol. The number of nitrogens with one attached hydrogen (secondary N) is 2. The molecule has 0 aliphatic heterocycles. The van der Waals surface area contributed by atoms with Crippen molar-refractivity contribution in [2.24, 2.45) is 0 Å². The Labute approximate surface area is 151 Å². The van der Waals surface area contributed by atoms with Crippen LogP contribution in [0.3, 0.4) is 0 Å². The Morgan fingerprint density at radius 1 is 1.21 bits per heavy atom. The van der Waals surface area contributed by atoms with E-state index in [0.29, 0.717) is 26.6 Å². The lowest BCUT2D eigenvalue weighted by Gasteiger charge is -2.07. The molecule has 0 unspecified atom stereocenters. The summed E-state index contributed by atoms with van der Waals surface area (Å²) in [6.07, 6.45) is 4.66. The highest BCUT2D eigenvalue weighted by Gasteiger charge is 2.18. The topological polar surface area (TPSA) is 79.8 Å². The number of aromatic nitrogens is 3. The molecule has 0 aliphatic carbocycles. The van der Waals surface area contributed by atoms with Gasteiger partial charge in [-0.1, -0.05) is 23.2 Å². The van der Waals surface area contributed by atoms with E-state index >= 15 is 0 Å². The molecule has 1 amide bonds. The molecule has 3 heterocycles. The zero-order valence-electron chi connectivity index (χ0n) is 12.4. The van der Waals surface area contributed by atoms with Crippen LogP contribution in [0.2, 0.25) is 10.2 Å². The van der Waals surface area contributed by atoms with Crippen LogP contribution in [0.15, 0.2) is 36.8 Å². The molecule has 3 rings (SSSR count). The first-order chi connectivity index (χ1) is 11.5. The van der Waals surface area contributed by atoms with E-state index in [0.717, 1.165) is 5.01 Å². The molecule has 3 aromatic rings. The number of hydrogen-bond acceptors (Lipinski definition) is 6. The van der Waals surface area contributed by atoms with Crippen molar-refractivity contribution < 1.29 is 4.79 Å². The number of nitrogens with zero attached hydrogens (tertiary/aromatic N) is 3. The Kier molecular flexibility index (Phi) is 4.94. The second-order valence-corrected chi connectivity index (χ2v) is 6.78. The molecular weight excluding hydrogens is 369 g/mol. The molecule has 0 saturated heterocycles. The Morgan fingerprint density at radius 2 is 2.04 bits per heavy atom. The fourth-order valence-corrected chi connectivity index (χ4v) is 3.13. The average Bonchev–Trinajstić information content (AvgIpc) is 2.88. The van der Waals surface area contributed by atoms with Crippen molar-refractivity contribution >= 4 is 56.8 Å². The minimum atomic E-state index is -0.348. The number of anilines is 3. The van der Waals surface area contributed by atoms with Crippen LogP contribution in [0.25, 0.3) is 0 Å². The lowest BCUT2D eigenvalue weighted by molar-refractivity contribution is 0.102. The van der Waals surface area contributed by atoms with Gasteiger partial charge in [0.15, 0.2) is 5.69 Å². The number of carbonyl (C=O) groups is 1. The molecule has 0 fully saturated rings. The van der Waals surface area contributed by atoms with Crippen LogP contribution in [0, 0.1) is 6.92 Å². The van der Waals surface area contributed by atoms with Crippen LogP contribution in [0.5, 0.6) is 0 Å². The highest BCUT2D eigenvalue weighted by atomic mass is 35.5. The maximum Gasteiger partial charge on any atom is 0.277 e. The van der Waals surface area contributed by atoms with Gasteiger partial charge in [0.25, 0.3) is 5.91 Å². The van der Waals surface area contributed by atoms with Crippen molar-refractivity contribution in [3.05, 3.63) is 57.7 Å². The van der Waals surface area contributed by atoms with Crippen molar-refractivity contribution in [1.29, 1.82) is 0 Å². The molecule has 3 aromatic heterocycles. The summed E-state index contributed by atoms with van der Waals surface area (Å²) in [5.74, 6) is -0.348. The third kappa shape index (κ3) is 4.00. The number of thiazole rings is 1. The number of aryl methyl sites for hydroxylation is 1. The number of amides is 1. The zero-order valence-corrected chi connectivity index (χ0v) is 14.7. The summed E-state index contributed by atoms with van der Waals surface area (Å²) < 4.78 is 0. The highest BCUT2D eigenvalue weighted by Crippen LogP contribution is 2.29. The summed E-state index contributed by atoms with van der Waals surface area (Å²) in [6, 6.07) is 4.93. The number of rotatable bonds is 4. The van der Waals surface area contributed by atoms with Gasteiger partial charge < -0.3 is 10.6 Å². The first-order valence-corrected chi connectivity index (χ1v) is 8.36. The lowest BCUT2D eigenvalue weighted by atomic mass is 10.3. The lowest BCUT2D eigenvalue weighted by Crippen LogP contribution is -2.14. The Balaban J connectivity index is 1.84. The van der Waals surface area contributed by atoms with Gasteiger partial charge in [-0.15, -0.1) is 11.3 Å². The minimum absolute atomic E-state index is 0.283. The molecule has 0 aliphatic rings. The maximum absolute atomic E-state index is 12.5. The molecule has 0 bridgehead atoms. The zero-order chi connectivity index (χ0) is 17.1. The van der Waals surface area contributed by atoms with Gasteiger partial charge >= 0.3 is 0 Å². The Morgan fingerprint density at radius 3 is 2.79 bits per heavy atom. The number of pyridine rings is 2. The van der Waals surface area contributed by atoms with E-state index < -0.39 is 0 Å². The van der Waals surface area contributed by atoms with Gasteiger partial charge in [0.1, 0.15) is 10.2 Å². The van der Waals surface area contributed by atoms with Crippen molar-refractivity contribution in [3.63, 3.8) is 0 Å². The second kappa shape index (κ2) is 7.12. The maximum atomic E-state index is 12.5. The molecule has 0 atom stereocenters. The van der Waals surface area contributed by atoms with Crippen LogP contribution >= 0.6 is 34.5 Å². The fraction of sp³-hybridized carbons (Fsp3) is 0.0667. The van der Waals surface area contributed by atoms with E-state index in [2.05, 4.69) is 25.6 Å². The van der Waals surface area contributed by atoms with Crippen LogP contribution < -0.4 is 10.6 Å². The fourth-order valence-electron chi connectivity index (χ4n) is 1.95. The summed E-state index contributed by atoms with van der Waals surface area (Å²) in [5.41, 5.74) is 1.50. The number of halogens is 2. The molecule has 0 aromatic carbocycles.